The topological polar surface area (TPSA) is 81.2 Å². The molecule has 8 heteroatoms. The molecule has 4 aromatic rings. The van der Waals surface area contributed by atoms with Crippen LogP contribution in [0.15, 0.2) is 69.7 Å². The zero-order chi connectivity index (χ0) is 18.8. The Balaban J connectivity index is 1.57. The minimum atomic E-state index is -0.613. The zero-order valence-electron chi connectivity index (χ0n) is 13.6. The highest BCUT2D eigenvalue weighted by atomic mass is 19.1. The van der Waals surface area contributed by atoms with Crippen molar-refractivity contribution in [3.63, 3.8) is 0 Å². The summed E-state index contributed by atoms with van der Waals surface area (Å²) in [7, 11) is 0. The number of carbonyl (C=O) groups is 1. The molecule has 2 aromatic carbocycles. The van der Waals surface area contributed by atoms with E-state index < -0.39 is 17.5 Å². The predicted molar refractivity (Wildman–Crippen MR) is 91.7 cm³/mol. The summed E-state index contributed by atoms with van der Waals surface area (Å²) in [6.45, 7) is 0. The Morgan fingerprint density at radius 1 is 0.963 bits per heavy atom. The second-order valence-corrected chi connectivity index (χ2v) is 5.56. The predicted octanol–water partition coefficient (Wildman–Crippen LogP) is 4.53. The summed E-state index contributed by atoms with van der Waals surface area (Å²) in [5.41, 5.74) is 0.875. The van der Waals surface area contributed by atoms with Crippen molar-refractivity contribution in [1.29, 1.82) is 0 Å². The Morgan fingerprint density at radius 2 is 1.78 bits per heavy atom. The summed E-state index contributed by atoms with van der Waals surface area (Å²) in [6, 6.07) is 13.4. The number of furan rings is 1. The van der Waals surface area contributed by atoms with Gasteiger partial charge in [0.15, 0.2) is 11.6 Å². The minimum Gasteiger partial charge on any atom is -0.456 e. The third kappa shape index (κ3) is 3.45. The molecule has 0 radical (unpaired) electrons. The van der Waals surface area contributed by atoms with Crippen LogP contribution in [0.5, 0.6) is 0 Å². The van der Waals surface area contributed by atoms with Crippen molar-refractivity contribution in [3.8, 4) is 23.1 Å². The molecule has 0 atom stereocenters. The number of carbonyl (C=O) groups excluding carboxylic acids is 1. The molecule has 0 spiro atoms. The molecule has 4 rings (SSSR count). The van der Waals surface area contributed by atoms with Gasteiger partial charge in [0.05, 0.1) is 5.56 Å². The maximum atomic E-state index is 13.7. The molecule has 2 heterocycles. The van der Waals surface area contributed by atoms with Crippen LogP contribution in [0.2, 0.25) is 0 Å². The molecule has 0 aliphatic carbocycles. The van der Waals surface area contributed by atoms with E-state index in [0.29, 0.717) is 11.3 Å². The van der Waals surface area contributed by atoms with Gasteiger partial charge in [0, 0.05) is 17.3 Å². The van der Waals surface area contributed by atoms with E-state index in [1.807, 2.05) is 0 Å². The first-order valence-corrected chi connectivity index (χ1v) is 7.84. The van der Waals surface area contributed by atoms with Crippen LogP contribution < -0.4 is 5.32 Å². The van der Waals surface area contributed by atoms with Crippen LogP contribution in [0.4, 0.5) is 14.5 Å². The maximum Gasteiger partial charge on any atom is 0.284 e. The van der Waals surface area contributed by atoms with Gasteiger partial charge >= 0.3 is 0 Å². The second kappa shape index (κ2) is 6.83. The van der Waals surface area contributed by atoms with E-state index in [0.717, 1.165) is 12.3 Å². The van der Waals surface area contributed by atoms with Gasteiger partial charge in [-0.3, -0.25) is 4.79 Å². The molecule has 0 saturated heterocycles. The quantitative estimate of drug-likeness (QED) is 0.573. The summed E-state index contributed by atoms with van der Waals surface area (Å²) in [5.74, 6) is -1.46. The van der Waals surface area contributed by atoms with E-state index in [2.05, 4.69) is 15.5 Å². The van der Waals surface area contributed by atoms with Gasteiger partial charge in [0.1, 0.15) is 12.1 Å². The van der Waals surface area contributed by atoms with Crippen molar-refractivity contribution < 1.29 is 22.4 Å². The van der Waals surface area contributed by atoms with Crippen LogP contribution in [0.25, 0.3) is 23.1 Å². The Labute approximate surface area is 151 Å². The van der Waals surface area contributed by atoms with Crippen LogP contribution in [0.1, 0.15) is 10.4 Å². The van der Waals surface area contributed by atoms with Crippen LogP contribution in [0.3, 0.4) is 0 Å². The highest BCUT2D eigenvalue weighted by Crippen LogP contribution is 2.26. The first-order valence-electron chi connectivity index (χ1n) is 7.84. The van der Waals surface area contributed by atoms with E-state index in [4.69, 9.17) is 8.83 Å². The summed E-state index contributed by atoms with van der Waals surface area (Å²) in [6.07, 6.45) is 0.929. The lowest BCUT2D eigenvalue weighted by Crippen LogP contribution is -2.13. The van der Waals surface area contributed by atoms with E-state index in [-0.39, 0.29) is 23.1 Å². The fourth-order valence-electron chi connectivity index (χ4n) is 2.44. The molecule has 0 unspecified atom stereocenters. The summed E-state index contributed by atoms with van der Waals surface area (Å²) in [5, 5.41) is 10.3. The molecule has 1 N–H and O–H groups in total. The molecule has 27 heavy (non-hydrogen) atoms. The lowest BCUT2D eigenvalue weighted by Gasteiger charge is -2.06. The van der Waals surface area contributed by atoms with Gasteiger partial charge in [-0.15, -0.1) is 10.2 Å². The van der Waals surface area contributed by atoms with E-state index in [1.54, 1.807) is 30.3 Å². The Hall–Kier alpha value is -3.81. The van der Waals surface area contributed by atoms with Gasteiger partial charge < -0.3 is 14.2 Å². The number of amides is 1. The van der Waals surface area contributed by atoms with Crippen molar-refractivity contribution in [2.45, 2.75) is 0 Å². The third-order valence-corrected chi connectivity index (χ3v) is 3.69. The smallest absolute Gasteiger partial charge is 0.284 e. The maximum absolute atomic E-state index is 13.7. The van der Waals surface area contributed by atoms with E-state index in [9.17, 15) is 13.6 Å². The number of benzene rings is 2. The number of aromatic nitrogens is 2. The molecular formula is C19H11F2N3O3. The first kappa shape index (κ1) is 16.6. The number of nitrogens with zero attached hydrogens (tertiary/aromatic N) is 2. The highest BCUT2D eigenvalue weighted by molar-refractivity contribution is 6.04. The van der Waals surface area contributed by atoms with Gasteiger partial charge in [-0.25, -0.2) is 8.78 Å². The third-order valence-electron chi connectivity index (χ3n) is 3.69. The number of hydrogen-bond donors (Lipinski definition) is 1. The SMILES string of the molecule is O=C(Nc1cccc(-c2nnc(-c3cc(F)co3)o2)c1)c1ccccc1F. The largest absolute Gasteiger partial charge is 0.456 e. The van der Waals surface area contributed by atoms with Gasteiger partial charge in [-0.05, 0) is 30.3 Å². The first-order chi connectivity index (χ1) is 13.1. The van der Waals surface area contributed by atoms with E-state index in [1.165, 1.54) is 18.2 Å². The Morgan fingerprint density at radius 3 is 2.56 bits per heavy atom. The fourth-order valence-corrected chi connectivity index (χ4v) is 2.44. The van der Waals surface area contributed by atoms with Crippen molar-refractivity contribution in [2.24, 2.45) is 0 Å². The average Bonchev–Trinajstić information content (AvgIpc) is 3.31. The Bertz CT molecular complexity index is 1120. The molecule has 1 amide bonds. The molecule has 0 saturated carbocycles. The van der Waals surface area contributed by atoms with Crippen molar-refractivity contribution in [1.82, 2.24) is 10.2 Å². The summed E-state index contributed by atoms with van der Waals surface area (Å²) >= 11 is 0. The fraction of sp³-hybridized carbons (Fsp3) is 0. The monoisotopic (exact) mass is 367 g/mol. The van der Waals surface area contributed by atoms with Gasteiger partial charge in [-0.2, -0.15) is 0 Å². The molecule has 0 fully saturated rings. The van der Waals surface area contributed by atoms with Crippen LogP contribution >= 0.6 is 0 Å². The molecular weight excluding hydrogens is 356 g/mol. The molecule has 134 valence electrons. The van der Waals surface area contributed by atoms with E-state index >= 15 is 0 Å². The normalized spacial score (nSPS) is 10.7. The van der Waals surface area contributed by atoms with Gasteiger partial charge in [0.25, 0.3) is 11.8 Å². The van der Waals surface area contributed by atoms with Crippen LogP contribution in [-0.4, -0.2) is 16.1 Å². The standard InChI is InChI=1S/C19H11F2N3O3/c20-12-9-16(26-10-12)19-24-23-18(27-19)11-4-3-5-13(8-11)22-17(25)14-6-1-2-7-15(14)21/h1-10H,(H,22,25). The lowest BCUT2D eigenvalue weighted by molar-refractivity contribution is 0.102. The highest BCUT2D eigenvalue weighted by Gasteiger charge is 2.15. The molecule has 0 aliphatic rings. The lowest BCUT2D eigenvalue weighted by atomic mass is 10.1. The number of halogens is 2. The Kier molecular flexibility index (Phi) is 4.21. The van der Waals surface area contributed by atoms with Gasteiger partial charge in [0.2, 0.25) is 5.89 Å². The number of hydrogen-bond acceptors (Lipinski definition) is 5. The summed E-state index contributed by atoms with van der Waals surface area (Å²) in [4.78, 5) is 12.2. The van der Waals surface area contributed by atoms with Gasteiger partial charge in [-0.1, -0.05) is 18.2 Å². The van der Waals surface area contributed by atoms with Crippen LogP contribution in [-0.2, 0) is 0 Å². The number of anilines is 1. The van der Waals surface area contributed by atoms with Crippen molar-refractivity contribution in [2.75, 3.05) is 5.32 Å². The average molecular weight is 367 g/mol. The summed E-state index contributed by atoms with van der Waals surface area (Å²) < 4.78 is 37.2. The number of nitrogens with one attached hydrogen (secondary N) is 1. The molecule has 0 aliphatic heterocycles. The van der Waals surface area contributed by atoms with Crippen molar-refractivity contribution >= 4 is 11.6 Å². The molecule has 2 aromatic heterocycles. The minimum absolute atomic E-state index is 0.0229. The van der Waals surface area contributed by atoms with Crippen LogP contribution in [0, 0.1) is 11.6 Å². The second-order valence-electron chi connectivity index (χ2n) is 5.56. The number of rotatable bonds is 4. The zero-order valence-corrected chi connectivity index (χ0v) is 13.6. The molecule has 0 bridgehead atoms. The van der Waals surface area contributed by atoms with Crippen molar-refractivity contribution in [3.05, 3.63) is 78.1 Å². The molecule has 6 nitrogen and oxygen atoms in total.